The Morgan fingerprint density at radius 2 is 1.58 bits per heavy atom. The van der Waals surface area contributed by atoms with Gasteiger partial charge in [0.05, 0.1) is 0 Å². The van der Waals surface area contributed by atoms with E-state index in [0.717, 1.165) is 33.7 Å². The number of aryl methyl sites for hydroxylation is 1. The molecule has 1 aliphatic rings. The summed E-state index contributed by atoms with van der Waals surface area (Å²) in [5.74, 6) is 1.03. The van der Waals surface area contributed by atoms with Crippen LogP contribution in [0.2, 0.25) is 0 Å². The highest BCUT2D eigenvalue weighted by molar-refractivity contribution is 5.87. The number of aliphatic hydroxyl groups excluding tert-OH is 1. The molecule has 3 nitrogen and oxygen atoms in total. The molecule has 0 unspecified atom stereocenters. The van der Waals surface area contributed by atoms with Gasteiger partial charge in [-0.05, 0) is 89.5 Å². The van der Waals surface area contributed by atoms with Gasteiger partial charge in [0.2, 0.25) is 0 Å². The molecule has 0 aromatic heterocycles. The van der Waals surface area contributed by atoms with Gasteiger partial charge in [0, 0.05) is 12.2 Å². The lowest BCUT2D eigenvalue weighted by molar-refractivity contribution is -0.140. The Balaban J connectivity index is 1.62. The lowest BCUT2D eigenvalue weighted by Gasteiger charge is -2.27. The largest absolute Gasteiger partial charge is 0.457 e. The van der Waals surface area contributed by atoms with Crippen LogP contribution in [0.4, 0.5) is 0 Å². The van der Waals surface area contributed by atoms with E-state index >= 15 is 0 Å². The number of benzene rings is 3. The van der Waals surface area contributed by atoms with Crippen LogP contribution >= 0.6 is 0 Å². The molecule has 1 aliphatic carbocycles. The zero-order chi connectivity index (χ0) is 25.7. The zero-order valence-electron chi connectivity index (χ0n) is 21.8. The normalized spacial score (nSPS) is 17.6. The lowest BCUT2D eigenvalue weighted by atomic mass is 9.78. The van der Waals surface area contributed by atoms with Gasteiger partial charge in [0.25, 0.3) is 0 Å². The molecule has 3 heteroatoms. The van der Waals surface area contributed by atoms with Crippen LogP contribution in [-0.2, 0) is 22.6 Å². The molecule has 188 valence electrons. The van der Waals surface area contributed by atoms with Gasteiger partial charge < -0.3 is 9.84 Å². The SMILES string of the molecule is C=C(C)C(=O)OCc1cc(C2CCC(C)CC2)ccc1-c1ccc(-c2ccc(CCO)cc2C)cc1. The van der Waals surface area contributed by atoms with Crippen LogP contribution in [0.5, 0.6) is 0 Å². The maximum Gasteiger partial charge on any atom is 0.333 e. The summed E-state index contributed by atoms with van der Waals surface area (Å²) in [4.78, 5) is 12.1. The zero-order valence-corrected chi connectivity index (χ0v) is 21.8. The topological polar surface area (TPSA) is 46.5 Å². The maximum atomic E-state index is 12.1. The van der Waals surface area contributed by atoms with Gasteiger partial charge in [0.1, 0.15) is 6.61 Å². The minimum Gasteiger partial charge on any atom is -0.457 e. The highest BCUT2D eigenvalue weighted by Gasteiger charge is 2.21. The summed E-state index contributed by atoms with van der Waals surface area (Å²) >= 11 is 0. The molecule has 1 N–H and O–H groups in total. The first-order valence-corrected chi connectivity index (χ1v) is 13.1. The summed E-state index contributed by atoms with van der Waals surface area (Å²) < 4.78 is 5.59. The van der Waals surface area contributed by atoms with Gasteiger partial charge in [0.15, 0.2) is 0 Å². The van der Waals surface area contributed by atoms with Crippen molar-refractivity contribution in [3.63, 3.8) is 0 Å². The van der Waals surface area contributed by atoms with Crippen molar-refractivity contribution in [3.05, 3.63) is 95.1 Å². The molecule has 1 fully saturated rings. The third-order valence-corrected chi connectivity index (χ3v) is 7.52. The van der Waals surface area contributed by atoms with Crippen molar-refractivity contribution in [2.45, 2.75) is 65.4 Å². The number of aliphatic hydroxyl groups is 1. The molecule has 0 saturated heterocycles. The Kier molecular flexibility index (Phi) is 8.43. The molecule has 0 heterocycles. The van der Waals surface area contributed by atoms with E-state index in [1.807, 2.05) is 0 Å². The van der Waals surface area contributed by atoms with Crippen LogP contribution in [0.15, 0.2) is 72.8 Å². The number of carbonyl (C=O) groups is 1. The van der Waals surface area contributed by atoms with Crippen molar-refractivity contribution < 1.29 is 14.6 Å². The molecule has 0 atom stereocenters. The Bertz CT molecular complexity index is 1210. The van der Waals surface area contributed by atoms with Crippen LogP contribution in [0.25, 0.3) is 22.3 Å². The second kappa shape index (κ2) is 11.7. The molecule has 4 rings (SSSR count). The van der Waals surface area contributed by atoms with E-state index < -0.39 is 0 Å². The summed E-state index contributed by atoms with van der Waals surface area (Å²) in [6, 6.07) is 21.7. The van der Waals surface area contributed by atoms with Crippen molar-refractivity contribution >= 4 is 5.97 Å². The van der Waals surface area contributed by atoms with E-state index in [-0.39, 0.29) is 19.2 Å². The summed E-state index contributed by atoms with van der Waals surface area (Å²) in [5.41, 5.74) is 9.72. The van der Waals surface area contributed by atoms with Crippen molar-refractivity contribution in [1.29, 1.82) is 0 Å². The van der Waals surface area contributed by atoms with Crippen LogP contribution in [0, 0.1) is 12.8 Å². The molecule has 0 bridgehead atoms. The quantitative estimate of drug-likeness (QED) is 0.263. The molecule has 3 aromatic rings. The highest BCUT2D eigenvalue weighted by Crippen LogP contribution is 2.38. The average Bonchev–Trinajstić information content (AvgIpc) is 2.88. The summed E-state index contributed by atoms with van der Waals surface area (Å²) in [7, 11) is 0. The van der Waals surface area contributed by atoms with Crippen molar-refractivity contribution in [1.82, 2.24) is 0 Å². The number of esters is 1. The fraction of sp³-hybridized carbons (Fsp3) is 0.364. The maximum absolute atomic E-state index is 12.1. The number of carbonyl (C=O) groups excluding carboxylic acids is 1. The molecular formula is C33H38O3. The summed E-state index contributed by atoms with van der Waals surface area (Å²) in [6.45, 7) is 10.3. The first-order valence-electron chi connectivity index (χ1n) is 13.1. The second-order valence-corrected chi connectivity index (χ2v) is 10.4. The first kappa shape index (κ1) is 25.9. The molecule has 0 radical (unpaired) electrons. The van der Waals surface area contributed by atoms with Gasteiger partial charge in [-0.25, -0.2) is 4.79 Å². The number of ether oxygens (including phenoxy) is 1. The first-order chi connectivity index (χ1) is 17.4. The Morgan fingerprint density at radius 1 is 0.944 bits per heavy atom. The Labute approximate surface area is 215 Å². The van der Waals surface area contributed by atoms with Crippen LogP contribution < -0.4 is 0 Å². The van der Waals surface area contributed by atoms with E-state index in [1.54, 1.807) is 6.92 Å². The van der Waals surface area contributed by atoms with E-state index in [0.29, 0.717) is 17.9 Å². The van der Waals surface area contributed by atoms with Crippen molar-refractivity contribution in [2.75, 3.05) is 6.61 Å². The molecule has 0 aliphatic heterocycles. The number of hydrogen-bond donors (Lipinski definition) is 1. The van der Waals surface area contributed by atoms with Gasteiger partial charge in [-0.3, -0.25) is 0 Å². The monoisotopic (exact) mass is 482 g/mol. The number of hydrogen-bond acceptors (Lipinski definition) is 3. The molecular weight excluding hydrogens is 444 g/mol. The molecule has 1 saturated carbocycles. The second-order valence-electron chi connectivity index (χ2n) is 10.4. The average molecular weight is 483 g/mol. The van der Waals surface area contributed by atoms with Crippen LogP contribution in [0.3, 0.4) is 0 Å². The fourth-order valence-corrected chi connectivity index (χ4v) is 5.29. The minimum absolute atomic E-state index is 0.163. The Morgan fingerprint density at radius 3 is 2.19 bits per heavy atom. The van der Waals surface area contributed by atoms with Crippen LogP contribution in [-0.4, -0.2) is 17.7 Å². The number of rotatable bonds is 8. The third kappa shape index (κ3) is 6.14. The van der Waals surface area contributed by atoms with Crippen molar-refractivity contribution in [2.24, 2.45) is 5.92 Å². The molecule has 0 amide bonds. The fourth-order valence-electron chi connectivity index (χ4n) is 5.29. The predicted molar refractivity (Wildman–Crippen MR) is 148 cm³/mol. The third-order valence-electron chi connectivity index (χ3n) is 7.52. The summed E-state index contributed by atoms with van der Waals surface area (Å²) in [6.07, 6.45) is 5.66. The van der Waals surface area contributed by atoms with E-state index in [1.165, 1.54) is 42.4 Å². The van der Waals surface area contributed by atoms with E-state index in [9.17, 15) is 9.90 Å². The minimum atomic E-state index is -0.353. The van der Waals surface area contributed by atoms with E-state index in [2.05, 4.69) is 81.1 Å². The van der Waals surface area contributed by atoms with Gasteiger partial charge in [-0.1, -0.05) is 87.0 Å². The molecule has 3 aromatic carbocycles. The summed E-state index contributed by atoms with van der Waals surface area (Å²) in [5, 5.41) is 9.22. The van der Waals surface area contributed by atoms with Crippen LogP contribution in [0.1, 0.15) is 67.7 Å². The Hall–Kier alpha value is -3.17. The predicted octanol–water partition coefficient (Wildman–Crippen LogP) is 7.78. The smallest absolute Gasteiger partial charge is 0.333 e. The lowest BCUT2D eigenvalue weighted by Crippen LogP contribution is -2.12. The van der Waals surface area contributed by atoms with Gasteiger partial charge in [-0.15, -0.1) is 0 Å². The van der Waals surface area contributed by atoms with Gasteiger partial charge >= 0.3 is 5.97 Å². The van der Waals surface area contributed by atoms with Crippen molar-refractivity contribution in [3.8, 4) is 22.3 Å². The molecule has 0 spiro atoms. The van der Waals surface area contributed by atoms with E-state index in [4.69, 9.17) is 4.74 Å². The van der Waals surface area contributed by atoms with Gasteiger partial charge in [-0.2, -0.15) is 0 Å². The highest BCUT2D eigenvalue weighted by atomic mass is 16.5. The molecule has 36 heavy (non-hydrogen) atoms. The standard InChI is InChI=1S/C33H38O3/c1-22(2)33(35)36-21-30-20-29(26-8-5-23(3)6-9-26)14-16-32(30)28-12-10-27(11-13-28)31-15-7-25(17-18-34)19-24(31)4/h7,10-16,19-20,23,26,34H,1,5-6,8-9,17-18,21H2,2-4H3.